The quantitative estimate of drug-likeness (QED) is 0.850. The van der Waals surface area contributed by atoms with Crippen molar-refractivity contribution in [2.75, 3.05) is 12.4 Å². The zero-order chi connectivity index (χ0) is 12.3. The summed E-state index contributed by atoms with van der Waals surface area (Å²) in [7, 11) is 1.68. The van der Waals surface area contributed by atoms with E-state index in [9.17, 15) is 0 Å². The van der Waals surface area contributed by atoms with Gasteiger partial charge in [-0.1, -0.05) is 12.1 Å². The predicted octanol–water partition coefficient (Wildman–Crippen LogP) is 2.65. The maximum atomic E-state index is 5.19. The highest BCUT2D eigenvalue weighted by molar-refractivity contribution is 5.51. The summed E-state index contributed by atoms with van der Waals surface area (Å²) in [6.45, 7) is 4.75. The molecule has 90 valence electrons. The number of H-pyrrole nitrogens is 1. The fourth-order valence-electron chi connectivity index (χ4n) is 1.78. The van der Waals surface area contributed by atoms with Gasteiger partial charge in [0.15, 0.2) is 0 Å². The molecule has 17 heavy (non-hydrogen) atoms. The lowest BCUT2D eigenvalue weighted by Gasteiger charge is -2.07. The van der Waals surface area contributed by atoms with Gasteiger partial charge in [0.25, 0.3) is 0 Å². The first-order valence-corrected chi connectivity index (χ1v) is 5.59. The number of methoxy groups -OCH3 is 1. The number of nitrogens with one attached hydrogen (secondary N) is 2. The molecular weight excluding hydrogens is 214 g/mol. The summed E-state index contributed by atoms with van der Waals surface area (Å²) in [5, 5.41) is 10.5. The van der Waals surface area contributed by atoms with E-state index in [-0.39, 0.29) is 0 Å². The second-order valence-electron chi connectivity index (χ2n) is 4.01. The summed E-state index contributed by atoms with van der Waals surface area (Å²) in [5.74, 6) is 0.880. The molecule has 2 aromatic rings. The summed E-state index contributed by atoms with van der Waals surface area (Å²) in [5.41, 5.74) is 4.31. The van der Waals surface area contributed by atoms with Gasteiger partial charge in [-0.25, -0.2) is 0 Å². The molecule has 1 aromatic carbocycles. The van der Waals surface area contributed by atoms with Gasteiger partial charge in [-0.05, 0) is 31.5 Å². The number of benzene rings is 1. The number of hydrogen-bond acceptors (Lipinski definition) is 3. The zero-order valence-corrected chi connectivity index (χ0v) is 10.4. The average molecular weight is 231 g/mol. The third-order valence-corrected chi connectivity index (χ3v) is 2.73. The molecule has 0 aliphatic carbocycles. The monoisotopic (exact) mass is 231 g/mol. The van der Waals surface area contributed by atoms with Gasteiger partial charge < -0.3 is 10.1 Å². The van der Waals surface area contributed by atoms with Crippen LogP contribution in [-0.2, 0) is 6.54 Å². The Morgan fingerprint density at radius 2 is 2.18 bits per heavy atom. The molecule has 0 fully saturated rings. The minimum Gasteiger partial charge on any atom is -0.497 e. The number of aryl methyl sites for hydroxylation is 2. The van der Waals surface area contributed by atoms with Crippen LogP contribution >= 0.6 is 0 Å². The van der Waals surface area contributed by atoms with Crippen molar-refractivity contribution in [3.05, 3.63) is 41.2 Å². The van der Waals surface area contributed by atoms with Crippen LogP contribution in [0.2, 0.25) is 0 Å². The molecule has 0 saturated heterocycles. The van der Waals surface area contributed by atoms with Crippen LogP contribution in [0.4, 0.5) is 5.69 Å². The molecule has 0 saturated carbocycles. The van der Waals surface area contributed by atoms with Crippen molar-refractivity contribution in [1.29, 1.82) is 0 Å². The maximum Gasteiger partial charge on any atom is 0.119 e. The van der Waals surface area contributed by atoms with Crippen LogP contribution in [0.5, 0.6) is 5.75 Å². The van der Waals surface area contributed by atoms with Crippen molar-refractivity contribution in [1.82, 2.24) is 10.2 Å². The van der Waals surface area contributed by atoms with E-state index in [1.54, 1.807) is 7.11 Å². The van der Waals surface area contributed by atoms with E-state index < -0.39 is 0 Å². The Labute approximate surface area is 101 Å². The van der Waals surface area contributed by atoms with Gasteiger partial charge in [0.05, 0.1) is 24.2 Å². The molecule has 1 heterocycles. The molecule has 1 aromatic heterocycles. The number of rotatable bonds is 4. The zero-order valence-electron chi connectivity index (χ0n) is 10.4. The Hall–Kier alpha value is -1.97. The lowest BCUT2D eigenvalue weighted by Crippen LogP contribution is -2.01. The summed E-state index contributed by atoms with van der Waals surface area (Å²) in [6.07, 6.45) is 0. The van der Waals surface area contributed by atoms with E-state index >= 15 is 0 Å². The minimum atomic E-state index is 0.762. The van der Waals surface area contributed by atoms with E-state index in [4.69, 9.17) is 4.74 Å². The highest BCUT2D eigenvalue weighted by atomic mass is 16.5. The van der Waals surface area contributed by atoms with Crippen molar-refractivity contribution >= 4 is 5.69 Å². The molecule has 4 nitrogen and oxygen atoms in total. The normalized spacial score (nSPS) is 10.3. The van der Waals surface area contributed by atoms with Gasteiger partial charge >= 0.3 is 0 Å². The van der Waals surface area contributed by atoms with Gasteiger partial charge in [0.1, 0.15) is 5.75 Å². The number of nitrogens with zero attached hydrogens (tertiary/aromatic N) is 1. The topological polar surface area (TPSA) is 49.9 Å². The Morgan fingerprint density at radius 3 is 2.82 bits per heavy atom. The highest BCUT2D eigenvalue weighted by Gasteiger charge is 2.05. The molecule has 2 N–H and O–H groups in total. The first-order chi connectivity index (χ1) is 8.20. The predicted molar refractivity (Wildman–Crippen MR) is 68.4 cm³/mol. The molecule has 0 amide bonds. The standard InChI is InChI=1S/C13H17N3O/c1-9-13(10(2)16-15-9)14-8-11-5-4-6-12(7-11)17-3/h4-7,14H,8H2,1-3H3,(H,15,16). The van der Waals surface area contributed by atoms with E-state index in [1.807, 2.05) is 32.0 Å². The van der Waals surface area contributed by atoms with Crippen LogP contribution in [0.3, 0.4) is 0 Å². The molecule has 0 unspecified atom stereocenters. The molecule has 2 rings (SSSR count). The van der Waals surface area contributed by atoms with Gasteiger partial charge in [0, 0.05) is 6.54 Å². The van der Waals surface area contributed by atoms with Gasteiger partial charge in [-0.15, -0.1) is 0 Å². The highest BCUT2D eigenvalue weighted by Crippen LogP contribution is 2.18. The summed E-state index contributed by atoms with van der Waals surface area (Å²) >= 11 is 0. The largest absolute Gasteiger partial charge is 0.497 e. The molecular formula is C13H17N3O. The number of anilines is 1. The smallest absolute Gasteiger partial charge is 0.119 e. The van der Waals surface area contributed by atoms with Gasteiger partial charge in [-0.3, -0.25) is 5.10 Å². The number of aromatic nitrogens is 2. The molecule has 0 radical (unpaired) electrons. The Kier molecular flexibility index (Phi) is 3.32. The fourth-order valence-corrected chi connectivity index (χ4v) is 1.78. The third kappa shape index (κ3) is 2.58. The molecule has 0 bridgehead atoms. The van der Waals surface area contributed by atoms with Gasteiger partial charge in [-0.2, -0.15) is 5.10 Å². The van der Waals surface area contributed by atoms with E-state index in [2.05, 4.69) is 21.6 Å². The fraction of sp³-hybridized carbons (Fsp3) is 0.308. The second-order valence-corrected chi connectivity index (χ2v) is 4.01. The molecule has 4 heteroatoms. The summed E-state index contributed by atoms with van der Waals surface area (Å²) in [6, 6.07) is 8.03. The van der Waals surface area contributed by atoms with Gasteiger partial charge in [0.2, 0.25) is 0 Å². The number of aromatic amines is 1. The number of ether oxygens (including phenoxy) is 1. The lowest BCUT2D eigenvalue weighted by molar-refractivity contribution is 0.414. The van der Waals surface area contributed by atoms with Crippen LogP contribution in [0.25, 0.3) is 0 Å². The molecule has 0 spiro atoms. The number of hydrogen-bond donors (Lipinski definition) is 2. The van der Waals surface area contributed by atoms with Crippen molar-refractivity contribution < 1.29 is 4.74 Å². The minimum absolute atomic E-state index is 0.762. The van der Waals surface area contributed by atoms with Crippen molar-refractivity contribution in [3.63, 3.8) is 0 Å². The Balaban J connectivity index is 2.07. The molecule has 0 atom stereocenters. The Morgan fingerprint density at radius 1 is 1.35 bits per heavy atom. The Bertz CT molecular complexity index is 486. The second kappa shape index (κ2) is 4.91. The first-order valence-electron chi connectivity index (χ1n) is 5.59. The lowest BCUT2D eigenvalue weighted by atomic mass is 10.2. The van der Waals surface area contributed by atoms with E-state index in [1.165, 1.54) is 5.56 Å². The van der Waals surface area contributed by atoms with Crippen LogP contribution in [0.1, 0.15) is 17.0 Å². The van der Waals surface area contributed by atoms with E-state index in [0.717, 1.165) is 29.4 Å². The molecule has 0 aliphatic heterocycles. The first kappa shape index (κ1) is 11.5. The summed E-state index contributed by atoms with van der Waals surface area (Å²) < 4.78 is 5.19. The maximum absolute atomic E-state index is 5.19. The van der Waals surface area contributed by atoms with Crippen LogP contribution < -0.4 is 10.1 Å². The average Bonchev–Trinajstić information content (AvgIpc) is 2.67. The SMILES string of the molecule is COc1cccc(CNc2c(C)n[nH]c2C)c1. The van der Waals surface area contributed by atoms with Crippen LogP contribution in [0.15, 0.2) is 24.3 Å². The van der Waals surface area contributed by atoms with Crippen molar-refractivity contribution in [3.8, 4) is 5.75 Å². The van der Waals surface area contributed by atoms with Crippen molar-refractivity contribution in [2.24, 2.45) is 0 Å². The summed E-state index contributed by atoms with van der Waals surface area (Å²) in [4.78, 5) is 0. The van der Waals surface area contributed by atoms with Crippen LogP contribution in [0, 0.1) is 13.8 Å². The third-order valence-electron chi connectivity index (χ3n) is 2.73. The molecule has 0 aliphatic rings. The van der Waals surface area contributed by atoms with Crippen LogP contribution in [-0.4, -0.2) is 17.3 Å². The van der Waals surface area contributed by atoms with Crippen molar-refractivity contribution in [2.45, 2.75) is 20.4 Å². The van der Waals surface area contributed by atoms with E-state index in [0.29, 0.717) is 0 Å².